The molecule has 0 bridgehead atoms. The summed E-state index contributed by atoms with van der Waals surface area (Å²) in [6.07, 6.45) is 12.7. The maximum absolute atomic E-state index is 12.4. The monoisotopic (exact) mass is 338 g/mol. The summed E-state index contributed by atoms with van der Waals surface area (Å²) >= 11 is 0. The maximum atomic E-state index is 12.4. The zero-order valence-electron chi connectivity index (χ0n) is 16.3. The Morgan fingerprint density at radius 3 is 2.62 bits per heavy atom. The molecule has 1 N–H and O–H groups in total. The first-order valence-electron chi connectivity index (χ1n) is 9.88. The van der Waals surface area contributed by atoms with Crippen LogP contribution in [0, 0.1) is 11.3 Å². The van der Waals surface area contributed by atoms with Crippen molar-refractivity contribution >= 4 is 5.78 Å². The van der Waals surface area contributed by atoms with Gasteiger partial charge in [-0.1, -0.05) is 45.6 Å². The van der Waals surface area contributed by atoms with E-state index in [1.807, 2.05) is 13.8 Å². The Hall–Kier alpha value is -0.670. The summed E-state index contributed by atoms with van der Waals surface area (Å²) in [6, 6.07) is 0. The molecule has 0 saturated carbocycles. The van der Waals surface area contributed by atoms with Gasteiger partial charge in [-0.15, -0.1) is 0 Å². The molecule has 0 saturated heterocycles. The van der Waals surface area contributed by atoms with Crippen LogP contribution in [0.25, 0.3) is 0 Å². The highest BCUT2D eigenvalue weighted by Crippen LogP contribution is 2.43. The fraction of sp³-hybridized carbons (Fsp3) is 0.857. The summed E-state index contributed by atoms with van der Waals surface area (Å²) in [5, 5.41) is 10.6. The molecule has 1 aliphatic carbocycles. The van der Waals surface area contributed by atoms with E-state index in [1.165, 1.54) is 12.8 Å². The summed E-state index contributed by atoms with van der Waals surface area (Å²) in [6.45, 7) is 9.78. The number of hydrogen-bond donors (Lipinski definition) is 1. The second-order valence-corrected chi connectivity index (χ2v) is 7.89. The van der Waals surface area contributed by atoms with E-state index in [1.54, 1.807) is 6.08 Å². The number of hydrogen-bond acceptors (Lipinski definition) is 3. The van der Waals surface area contributed by atoms with Gasteiger partial charge in [0.15, 0.2) is 5.78 Å². The van der Waals surface area contributed by atoms with Crippen molar-refractivity contribution in [2.24, 2.45) is 11.3 Å². The molecule has 3 atom stereocenters. The third-order valence-corrected chi connectivity index (χ3v) is 5.61. The smallest absolute Gasteiger partial charge is 0.161 e. The number of rotatable bonds is 13. The first-order valence-corrected chi connectivity index (χ1v) is 9.88. The zero-order valence-corrected chi connectivity index (χ0v) is 16.3. The Morgan fingerprint density at radius 2 is 1.96 bits per heavy atom. The van der Waals surface area contributed by atoms with Crippen molar-refractivity contribution in [2.45, 2.75) is 91.1 Å². The Labute approximate surface area is 148 Å². The van der Waals surface area contributed by atoms with Gasteiger partial charge in [0.05, 0.1) is 5.60 Å². The molecule has 3 heteroatoms. The number of ketones is 1. The van der Waals surface area contributed by atoms with Gasteiger partial charge < -0.3 is 9.84 Å². The summed E-state index contributed by atoms with van der Waals surface area (Å²) < 4.78 is 5.39. The van der Waals surface area contributed by atoms with Gasteiger partial charge in [-0.25, -0.2) is 0 Å². The predicted molar refractivity (Wildman–Crippen MR) is 100 cm³/mol. The van der Waals surface area contributed by atoms with Crippen molar-refractivity contribution in [3.8, 4) is 0 Å². The van der Waals surface area contributed by atoms with Crippen LogP contribution in [0.15, 0.2) is 12.2 Å². The Bertz CT molecular complexity index is 400. The van der Waals surface area contributed by atoms with Gasteiger partial charge in [0, 0.05) is 18.6 Å². The van der Waals surface area contributed by atoms with Crippen LogP contribution in [0.1, 0.15) is 85.5 Å². The molecule has 0 radical (unpaired) electrons. The SMILES string of the molecule is CCCCCC(C)(O)CC[C@H]1C=CC(=O)[C@]1(C)CCCCOCC. The molecule has 1 unspecified atom stereocenters. The lowest BCUT2D eigenvalue weighted by atomic mass is 9.71. The number of carbonyl (C=O) groups excluding carboxylic acids is 1. The number of carbonyl (C=O) groups is 1. The van der Waals surface area contributed by atoms with Gasteiger partial charge in [-0.3, -0.25) is 4.79 Å². The fourth-order valence-corrected chi connectivity index (χ4v) is 3.70. The number of aliphatic hydroxyl groups is 1. The largest absolute Gasteiger partial charge is 0.390 e. The quantitative estimate of drug-likeness (QED) is 0.477. The van der Waals surface area contributed by atoms with Gasteiger partial charge in [0.25, 0.3) is 0 Å². The predicted octanol–water partition coefficient (Wildman–Crippen LogP) is 5.07. The lowest BCUT2D eigenvalue weighted by molar-refractivity contribution is -0.124. The highest BCUT2D eigenvalue weighted by atomic mass is 16.5. The number of allylic oxidation sites excluding steroid dienone is 2. The average molecular weight is 339 g/mol. The van der Waals surface area contributed by atoms with E-state index >= 15 is 0 Å². The molecule has 0 heterocycles. The fourth-order valence-electron chi connectivity index (χ4n) is 3.70. The Balaban J connectivity index is 2.46. The molecule has 0 aromatic heterocycles. The van der Waals surface area contributed by atoms with Crippen molar-refractivity contribution in [1.29, 1.82) is 0 Å². The van der Waals surface area contributed by atoms with Crippen molar-refractivity contribution in [3.05, 3.63) is 12.2 Å². The topological polar surface area (TPSA) is 46.5 Å². The molecule has 0 aromatic carbocycles. The third-order valence-electron chi connectivity index (χ3n) is 5.61. The summed E-state index contributed by atoms with van der Waals surface area (Å²) in [7, 11) is 0. The third kappa shape index (κ3) is 6.68. The molecule has 3 nitrogen and oxygen atoms in total. The molecule has 0 amide bonds. The van der Waals surface area contributed by atoms with Gasteiger partial charge in [0.2, 0.25) is 0 Å². The second-order valence-electron chi connectivity index (χ2n) is 7.89. The van der Waals surface area contributed by atoms with Crippen LogP contribution in [0.3, 0.4) is 0 Å². The molecule has 1 aliphatic rings. The standard InChI is InChI=1S/C21H38O3/c1-5-7-8-14-20(3,23)16-13-18-11-12-19(22)21(18,4)15-9-10-17-24-6-2/h11-12,18,23H,5-10,13-17H2,1-4H3/t18-,20?,21-/m1/s1. The van der Waals surface area contributed by atoms with Crippen LogP contribution in [0.4, 0.5) is 0 Å². The summed E-state index contributed by atoms with van der Waals surface area (Å²) in [4.78, 5) is 12.4. The van der Waals surface area contributed by atoms with Crippen LogP contribution >= 0.6 is 0 Å². The van der Waals surface area contributed by atoms with Crippen molar-refractivity contribution in [1.82, 2.24) is 0 Å². The van der Waals surface area contributed by atoms with Crippen molar-refractivity contribution in [2.75, 3.05) is 13.2 Å². The van der Waals surface area contributed by atoms with E-state index in [4.69, 9.17) is 4.74 Å². The molecule has 0 fully saturated rings. The Morgan fingerprint density at radius 1 is 1.21 bits per heavy atom. The molecule has 0 spiro atoms. The normalized spacial score (nSPS) is 26.0. The van der Waals surface area contributed by atoms with Crippen LogP contribution in [-0.4, -0.2) is 29.7 Å². The summed E-state index contributed by atoms with van der Waals surface area (Å²) in [5.41, 5.74) is -0.893. The lowest BCUT2D eigenvalue weighted by Gasteiger charge is -2.32. The van der Waals surface area contributed by atoms with Crippen LogP contribution in [-0.2, 0) is 9.53 Å². The minimum Gasteiger partial charge on any atom is -0.390 e. The minimum atomic E-state index is -0.607. The lowest BCUT2D eigenvalue weighted by Crippen LogP contribution is -2.32. The minimum absolute atomic E-state index is 0.259. The van der Waals surface area contributed by atoms with Crippen molar-refractivity contribution in [3.63, 3.8) is 0 Å². The molecular formula is C21H38O3. The Kier molecular flexibility index (Phi) is 9.22. The molecule has 0 aromatic rings. The number of unbranched alkanes of at least 4 members (excludes halogenated alkanes) is 3. The highest BCUT2D eigenvalue weighted by Gasteiger charge is 2.42. The van der Waals surface area contributed by atoms with Crippen molar-refractivity contribution < 1.29 is 14.6 Å². The zero-order chi connectivity index (χ0) is 18.1. The second kappa shape index (κ2) is 10.4. The molecule has 140 valence electrons. The van der Waals surface area contributed by atoms with Gasteiger partial charge in [-0.05, 0) is 57.9 Å². The van der Waals surface area contributed by atoms with Gasteiger partial charge >= 0.3 is 0 Å². The van der Waals surface area contributed by atoms with Gasteiger partial charge in [-0.2, -0.15) is 0 Å². The van der Waals surface area contributed by atoms with Crippen LogP contribution in [0.5, 0.6) is 0 Å². The first kappa shape index (κ1) is 21.4. The maximum Gasteiger partial charge on any atom is 0.161 e. The molecule has 1 rings (SSSR count). The molecule has 0 aliphatic heterocycles. The van der Waals surface area contributed by atoms with E-state index < -0.39 is 5.60 Å². The van der Waals surface area contributed by atoms with E-state index in [-0.39, 0.29) is 17.1 Å². The highest BCUT2D eigenvalue weighted by molar-refractivity contribution is 5.97. The molecule has 24 heavy (non-hydrogen) atoms. The van der Waals surface area contributed by atoms with Crippen LogP contribution in [0.2, 0.25) is 0 Å². The van der Waals surface area contributed by atoms with E-state index in [0.29, 0.717) is 0 Å². The van der Waals surface area contributed by atoms with E-state index in [9.17, 15) is 9.90 Å². The van der Waals surface area contributed by atoms with E-state index in [0.717, 1.165) is 58.2 Å². The van der Waals surface area contributed by atoms with Crippen LogP contribution < -0.4 is 0 Å². The van der Waals surface area contributed by atoms with E-state index in [2.05, 4.69) is 19.9 Å². The van der Waals surface area contributed by atoms with Gasteiger partial charge in [0.1, 0.15) is 0 Å². The first-order chi connectivity index (χ1) is 11.4. The molecular weight excluding hydrogens is 300 g/mol. The average Bonchev–Trinajstić information content (AvgIpc) is 2.81. The number of ether oxygens (including phenoxy) is 1. The summed E-state index contributed by atoms with van der Waals surface area (Å²) in [5.74, 6) is 0.518.